The van der Waals surface area contributed by atoms with Crippen molar-refractivity contribution in [2.45, 2.75) is 6.54 Å². The number of ether oxygens (including phenoxy) is 2. The first-order valence-electron chi connectivity index (χ1n) is 8.96. The van der Waals surface area contributed by atoms with Crippen molar-refractivity contribution in [1.29, 1.82) is 0 Å². The first kappa shape index (κ1) is 19.3. The van der Waals surface area contributed by atoms with Crippen molar-refractivity contribution in [3.8, 4) is 5.75 Å². The highest BCUT2D eigenvalue weighted by Crippen LogP contribution is 2.35. The summed E-state index contributed by atoms with van der Waals surface area (Å²) >= 11 is 9.87. The number of halogens is 2. The summed E-state index contributed by atoms with van der Waals surface area (Å²) in [6.07, 6.45) is 1.67. The second-order valence-corrected chi connectivity index (χ2v) is 7.85. The number of carbonyl (C=O) groups excluding carboxylic acids is 1. The third-order valence-corrected chi connectivity index (χ3v) is 5.49. The highest BCUT2D eigenvalue weighted by Gasteiger charge is 2.21. The van der Waals surface area contributed by atoms with E-state index in [2.05, 4.69) is 25.8 Å². The Morgan fingerprint density at radius 2 is 1.96 bits per heavy atom. The van der Waals surface area contributed by atoms with Gasteiger partial charge in [-0.3, -0.25) is 9.88 Å². The van der Waals surface area contributed by atoms with Crippen molar-refractivity contribution in [2.24, 2.45) is 0 Å². The van der Waals surface area contributed by atoms with Gasteiger partial charge >= 0.3 is 5.97 Å². The van der Waals surface area contributed by atoms with E-state index in [0.29, 0.717) is 41.6 Å². The minimum atomic E-state index is -0.426. The maximum atomic E-state index is 12.8. The van der Waals surface area contributed by atoms with Gasteiger partial charge in [-0.15, -0.1) is 0 Å². The number of carbonyl (C=O) groups is 1. The van der Waals surface area contributed by atoms with Gasteiger partial charge in [-0.25, -0.2) is 4.79 Å². The minimum Gasteiger partial charge on any atom is -0.420 e. The Kier molecular flexibility index (Phi) is 5.92. The number of morpholine rings is 1. The van der Waals surface area contributed by atoms with Crippen LogP contribution in [0.1, 0.15) is 15.9 Å². The fraction of sp³-hybridized carbons (Fsp3) is 0.238. The third-order valence-electron chi connectivity index (χ3n) is 4.65. The Labute approximate surface area is 176 Å². The molecule has 0 amide bonds. The smallest absolute Gasteiger partial charge is 0.343 e. The van der Waals surface area contributed by atoms with Gasteiger partial charge in [0.2, 0.25) is 0 Å². The molecule has 0 atom stereocenters. The zero-order valence-corrected chi connectivity index (χ0v) is 17.4. The molecule has 1 fully saturated rings. The number of hydrogen-bond acceptors (Lipinski definition) is 5. The molecule has 4 rings (SSSR count). The van der Waals surface area contributed by atoms with Crippen LogP contribution in [-0.2, 0) is 11.3 Å². The molecular formula is C21H18BrClN2O3. The lowest BCUT2D eigenvalue weighted by Gasteiger charge is -2.27. The van der Waals surface area contributed by atoms with Gasteiger partial charge in [-0.1, -0.05) is 27.5 Å². The summed E-state index contributed by atoms with van der Waals surface area (Å²) in [5.74, 6) is 0.0319. The number of hydrogen-bond donors (Lipinski definition) is 0. The lowest BCUT2D eigenvalue weighted by molar-refractivity contribution is 0.0337. The molecule has 1 aliphatic heterocycles. The zero-order chi connectivity index (χ0) is 19.5. The van der Waals surface area contributed by atoms with Crippen molar-refractivity contribution >= 4 is 44.4 Å². The molecule has 28 heavy (non-hydrogen) atoms. The molecule has 0 spiro atoms. The molecule has 3 aromatic rings. The first-order valence-corrected chi connectivity index (χ1v) is 10.1. The number of benzene rings is 2. The van der Waals surface area contributed by atoms with Crippen LogP contribution in [0.5, 0.6) is 5.75 Å². The number of rotatable bonds is 4. The van der Waals surface area contributed by atoms with Gasteiger partial charge in [0.15, 0.2) is 5.75 Å². The minimum absolute atomic E-state index is 0.426. The van der Waals surface area contributed by atoms with E-state index in [-0.39, 0.29) is 0 Å². The summed E-state index contributed by atoms with van der Waals surface area (Å²) in [5.41, 5.74) is 1.90. The van der Waals surface area contributed by atoms with E-state index in [1.807, 2.05) is 30.3 Å². The van der Waals surface area contributed by atoms with Crippen molar-refractivity contribution in [3.05, 3.63) is 69.3 Å². The number of aromatic nitrogens is 1. The van der Waals surface area contributed by atoms with Crippen molar-refractivity contribution < 1.29 is 14.3 Å². The van der Waals surface area contributed by atoms with Crippen molar-refractivity contribution in [3.63, 3.8) is 0 Å². The molecule has 1 aromatic heterocycles. The fourth-order valence-corrected chi connectivity index (χ4v) is 3.74. The van der Waals surface area contributed by atoms with E-state index in [0.717, 1.165) is 28.5 Å². The molecule has 0 bridgehead atoms. The number of nitrogens with zero attached hydrogens (tertiary/aromatic N) is 2. The molecule has 144 valence electrons. The molecule has 0 radical (unpaired) electrons. The predicted molar refractivity (Wildman–Crippen MR) is 112 cm³/mol. The van der Waals surface area contributed by atoms with E-state index >= 15 is 0 Å². The monoisotopic (exact) mass is 460 g/mol. The normalized spacial score (nSPS) is 14.9. The summed E-state index contributed by atoms with van der Waals surface area (Å²) in [4.78, 5) is 19.5. The molecule has 0 aliphatic carbocycles. The van der Waals surface area contributed by atoms with E-state index < -0.39 is 5.97 Å². The fourth-order valence-electron chi connectivity index (χ4n) is 3.20. The largest absolute Gasteiger partial charge is 0.420 e. The van der Waals surface area contributed by atoms with E-state index in [1.54, 1.807) is 18.3 Å². The molecule has 0 saturated carbocycles. The molecule has 0 N–H and O–H groups in total. The summed E-state index contributed by atoms with van der Waals surface area (Å²) in [5, 5.41) is 1.35. The Hall–Kier alpha value is -1.99. The SMILES string of the molecule is O=C(Oc1c(CN2CCOCC2)cc(Cl)c2cccnc12)c1ccc(Br)cc1. The first-order chi connectivity index (χ1) is 13.6. The van der Waals surface area contributed by atoms with E-state index in [4.69, 9.17) is 21.1 Å². The van der Waals surface area contributed by atoms with E-state index in [1.165, 1.54) is 0 Å². The molecule has 0 unspecified atom stereocenters. The Bertz CT molecular complexity index is 1000. The van der Waals surface area contributed by atoms with Crippen LogP contribution in [0, 0.1) is 0 Å². The highest BCUT2D eigenvalue weighted by molar-refractivity contribution is 9.10. The van der Waals surface area contributed by atoms with Gasteiger partial charge < -0.3 is 9.47 Å². The number of esters is 1. The summed E-state index contributed by atoms with van der Waals surface area (Å²) < 4.78 is 12.2. The van der Waals surface area contributed by atoms with Crippen molar-refractivity contribution in [2.75, 3.05) is 26.3 Å². The quantitative estimate of drug-likeness (QED) is 0.416. The molecule has 2 heterocycles. The van der Waals surface area contributed by atoms with Crippen molar-refractivity contribution in [1.82, 2.24) is 9.88 Å². The van der Waals surface area contributed by atoms with Gasteiger partial charge in [0.05, 0.1) is 23.8 Å². The highest BCUT2D eigenvalue weighted by atomic mass is 79.9. The van der Waals surface area contributed by atoms with Gasteiger partial charge in [0.1, 0.15) is 5.52 Å². The van der Waals surface area contributed by atoms with Crippen LogP contribution < -0.4 is 4.74 Å². The molecule has 1 saturated heterocycles. The maximum absolute atomic E-state index is 12.8. The van der Waals surface area contributed by atoms with Crippen LogP contribution in [-0.4, -0.2) is 42.2 Å². The second-order valence-electron chi connectivity index (χ2n) is 6.53. The van der Waals surface area contributed by atoms with Crippen LogP contribution in [0.15, 0.2) is 53.1 Å². The second kappa shape index (κ2) is 8.57. The topological polar surface area (TPSA) is 51.7 Å². The predicted octanol–water partition coefficient (Wildman–Crippen LogP) is 4.70. The average molecular weight is 462 g/mol. The zero-order valence-electron chi connectivity index (χ0n) is 15.0. The Morgan fingerprint density at radius 3 is 2.71 bits per heavy atom. The van der Waals surface area contributed by atoms with Crippen LogP contribution in [0.4, 0.5) is 0 Å². The van der Waals surface area contributed by atoms with Crippen LogP contribution in [0.2, 0.25) is 5.02 Å². The summed E-state index contributed by atoms with van der Waals surface area (Å²) in [7, 11) is 0. The van der Waals surface area contributed by atoms with Crippen LogP contribution >= 0.6 is 27.5 Å². The lowest BCUT2D eigenvalue weighted by atomic mass is 10.1. The van der Waals surface area contributed by atoms with E-state index in [9.17, 15) is 4.79 Å². The van der Waals surface area contributed by atoms with Gasteiger partial charge in [-0.2, -0.15) is 0 Å². The summed E-state index contributed by atoms with van der Waals surface area (Å²) in [6.45, 7) is 3.62. The Morgan fingerprint density at radius 1 is 1.21 bits per heavy atom. The Balaban J connectivity index is 1.73. The number of pyridine rings is 1. The van der Waals surface area contributed by atoms with Crippen LogP contribution in [0.25, 0.3) is 10.9 Å². The molecule has 1 aliphatic rings. The van der Waals surface area contributed by atoms with Gasteiger partial charge in [0.25, 0.3) is 0 Å². The average Bonchev–Trinajstić information content (AvgIpc) is 2.72. The number of fused-ring (bicyclic) bond motifs is 1. The molecule has 7 heteroatoms. The van der Waals surface area contributed by atoms with Gasteiger partial charge in [-0.05, 0) is 42.5 Å². The lowest BCUT2D eigenvalue weighted by Crippen LogP contribution is -2.35. The maximum Gasteiger partial charge on any atom is 0.343 e. The standard InChI is InChI=1S/C21H18BrClN2O3/c22-16-5-3-14(4-6-16)21(26)28-20-15(13-25-8-10-27-11-9-25)12-18(23)17-2-1-7-24-19(17)20/h1-7,12H,8-11,13H2. The molecular weight excluding hydrogens is 444 g/mol. The summed E-state index contributed by atoms with van der Waals surface area (Å²) in [6, 6.07) is 12.6. The molecule has 2 aromatic carbocycles. The molecule has 5 nitrogen and oxygen atoms in total. The van der Waals surface area contributed by atoms with Gasteiger partial charge in [0, 0.05) is 41.3 Å². The third kappa shape index (κ3) is 4.20. The van der Waals surface area contributed by atoms with Crippen LogP contribution in [0.3, 0.4) is 0 Å².